The quantitative estimate of drug-likeness (QED) is 0.155. The molecule has 1 aliphatic rings. The van der Waals surface area contributed by atoms with Crippen LogP contribution in [0, 0.1) is 18.2 Å². The molecule has 1 atom stereocenters. The standard InChI is InChI=1S/C42H43FN2S/c1-29-18-19-38(26-41(29)43)36-16-9-14-34(24-36)30(2)45-22-10-17-39(28-45)35-15-8-11-32(23-35)27-42(4,5)31(3)44-46-40-21-20-33-12-6-7-13-37(33)25-40/h6-9,11-16,18-21,23-26,39,44H,2-3,10,17,22,27-28H2,1,4-5H3. The molecule has 4 heteroatoms. The number of piperidine rings is 1. The van der Waals surface area contributed by atoms with Gasteiger partial charge in [-0.1, -0.05) is 112 Å². The highest BCUT2D eigenvalue weighted by molar-refractivity contribution is 7.97. The summed E-state index contributed by atoms with van der Waals surface area (Å²) in [6.45, 7) is 17.2. The minimum Gasteiger partial charge on any atom is -0.371 e. The van der Waals surface area contributed by atoms with Crippen LogP contribution in [0.4, 0.5) is 4.39 Å². The Morgan fingerprint density at radius 3 is 2.48 bits per heavy atom. The highest BCUT2D eigenvalue weighted by atomic mass is 32.2. The molecule has 6 rings (SSSR count). The first kappa shape index (κ1) is 31.7. The van der Waals surface area contributed by atoms with Crippen LogP contribution >= 0.6 is 11.9 Å². The van der Waals surface area contributed by atoms with Gasteiger partial charge in [-0.3, -0.25) is 0 Å². The normalized spacial score (nSPS) is 15.1. The molecular weight excluding hydrogens is 584 g/mol. The van der Waals surface area contributed by atoms with Crippen molar-refractivity contribution in [2.24, 2.45) is 5.41 Å². The maximum atomic E-state index is 14.3. The molecule has 1 saturated heterocycles. The number of nitrogens with one attached hydrogen (secondary N) is 1. The van der Waals surface area contributed by atoms with Gasteiger partial charge in [-0.15, -0.1) is 0 Å². The van der Waals surface area contributed by atoms with Crippen LogP contribution < -0.4 is 4.72 Å². The van der Waals surface area contributed by atoms with Crippen LogP contribution in [0.5, 0.6) is 0 Å². The highest BCUT2D eigenvalue weighted by Gasteiger charge is 2.26. The summed E-state index contributed by atoms with van der Waals surface area (Å²) in [5.74, 6) is 0.263. The van der Waals surface area contributed by atoms with Crippen molar-refractivity contribution in [2.45, 2.75) is 50.8 Å². The molecule has 1 unspecified atom stereocenters. The number of likely N-dealkylation sites (tertiary alicyclic amines) is 1. The van der Waals surface area contributed by atoms with E-state index in [1.54, 1.807) is 24.9 Å². The van der Waals surface area contributed by atoms with Crippen LogP contribution in [0.2, 0.25) is 0 Å². The lowest BCUT2D eigenvalue weighted by atomic mass is 9.81. The summed E-state index contributed by atoms with van der Waals surface area (Å²) in [7, 11) is 0. The van der Waals surface area contributed by atoms with Crippen molar-refractivity contribution in [1.29, 1.82) is 0 Å². The van der Waals surface area contributed by atoms with Gasteiger partial charge in [-0.05, 0) is 107 Å². The van der Waals surface area contributed by atoms with Crippen molar-refractivity contribution >= 4 is 28.4 Å². The van der Waals surface area contributed by atoms with E-state index in [4.69, 9.17) is 0 Å². The molecule has 0 aliphatic carbocycles. The van der Waals surface area contributed by atoms with Gasteiger partial charge in [0.25, 0.3) is 0 Å². The molecule has 46 heavy (non-hydrogen) atoms. The van der Waals surface area contributed by atoms with Crippen LogP contribution in [0.3, 0.4) is 0 Å². The van der Waals surface area contributed by atoms with Crippen molar-refractivity contribution in [3.63, 3.8) is 0 Å². The van der Waals surface area contributed by atoms with Crippen molar-refractivity contribution < 1.29 is 4.39 Å². The van der Waals surface area contributed by atoms with Gasteiger partial charge in [0.2, 0.25) is 0 Å². The second-order valence-corrected chi connectivity index (χ2v) is 14.2. The van der Waals surface area contributed by atoms with Crippen LogP contribution in [0.1, 0.15) is 54.9 Å². The average Bonchev–Trinajstić information content (AvgIpc) is 3.08. The molecule has 0 radical (unpaired) electrons. The Morgan fingerprint density at radius 2 is 1.65 bits per heavy atom. The molecule has 0 bridgehead atoms. The SMILES string of the molecule is C=C(c1cccc(-c2ccc(C)c(F)c2)c1)N1CCCC(c2cccc(CC(C)(C)C(=C)NSc3ccc4ccccc4c3)c2)C1. The molecule has 1 N–H and O–H groups in total. The van der Waals surface area contributed by atoms with E-state index >= 15 is 0 Å². The largest absolute Gasteiger partial charge is 0.371 e. The van der Waals surface area contributed by atoms with Crippen molar-refractivity contribution in [3.8, 4) is 11.1 Å². The molecule has 2 nitrogen and oxygen atoms in total. The average molecular weight is 627 g/mol. The summed E-state index contributed by atoms with van der Waals surface area (Å²) >= 11 is 1.63. The summed E-state index contributed by atoms with van der Waals surface area (Å²) < 4.78 is 17.8. The lowest BCUT2D eigenvalue weighted by molar-refractivity contribution is 0.295. The predicted octanol–water partition coefficient (Wildman–Crippen LogP) is 11.2. The summed E-state index contributed by atoms with van der Waals surface area (Å²) in [5.41, 5.74) is 8.28. The fraction of sp³-hybridized carbons (Fsp3) is 0.238. The molecule has 0 spiro atoms. The van der Waals surface area contributed by atoms with Gasteiger partial charge in [-0.25, -0.2) is 4.39 Å². The molecule has 5 aromatic rings. The van der Waals surface area contributed by atoms with Gasteiger partial charge in [0.1, 0.15) is 5.82 Å². The van der Waals surface area contributed by atoms with Gasteiger partial charge >= 0.3 is 0 Å². The minimum atomic E-state index is -0.174. The van der Waals surface area contributed by atoms with Gasteiger partial charge in [-0.2, -0.15) is 0 Å². The monoisotopic (exact) mass is 626 g/mol. The first-order valence-electron chi connectivity index (χ1n) is 16.2. The van der Waals surface area contributed by atoms with Crippen LogP contribution in [0.25, 0.3) is 27.6 Å². The van der Waals surface area contributed by atoms with E-state index in [-0.39, 0.29) is 11.2 Å². The zero-order chi connectivity index (χ0) is 32.3. The number of benzene rings is 5. The third-order valence-corrected chi connectivity index (χ3v) is 10.2. The van der Waals surface area contributed by atoms with E-state index < -0.39 is 0 Å². The summed E-state index contributed by atoms with van der Waals surface area (Å²) in [6.07, 6.45) is 3.19. The van der Waals surface area contributed by atoms with Gasteiger partial charge in [0.15, 0.2) is 0 Å². The Hall–Kier alpha value is -4.28. The minimum absolute atomic E-state index is 0.124. The molecule has 0 saturated carbocycles. The Balaban J connectivity index is 1.10. The predicted molar refractivity (Wildman–Crippen MR) is 195 cm³/mol. The van der Waals surface area contributed by atoms with Crippen molar-refractivity contribution in [3.05, 3.63) is 156 Å². The summed E-state index contributed by atoms with van der Waals surface area (Å²) in [6, 6.07) is 37.9. The Kier molecular flexibility index (Phi) is 9.37. The lowest BCUT2D eigenvalue weighted by Crippen LogP contribution is -2.33. The second-order valence-electron chi connectivity index (χ2n) is 13.3. The highest BCUT2D eigenvalue weighted by Crippen LogP contribution is 2.35. The fourth-order valence-corrected chi connectivity index (χ4v) is 7.23. The maximum absolute atomic E-state index is 14.3. The van der Waals surface area contributed by atoms with E-state index in [1.165, 1.54) is 26.8 Å². The number of fused-ring (bicyclic) bond motifs is 1. The van der Waals surface area contributed by atoms with Crippen molar-refractivity contribution in [1.82, 2.24) is 9.62 Å². The number of nitrogens with zero attached hydrogens (tertiary/aromatic N) is 1. The molecule has 0 amide bonds. The molecule has 1 aliphatic heterocycles. The number of aryl methyl sites for hydroxylation is 1. The topological polar surface area (TPSA) is 15.3 Å². The van der Waals surface area contributed by atoms with Gasteiger partial charge in [0.05, 0.1) is 0 Å². The number of hydrogen-bond donors (Lipinski definition) is 1. The first-order valence-corrected chi connectivity index (χ1v) is 17.0. The molecule has 5 aromatic carbocycles. The van der Waals surface area contributed by atoms with E-state index in [0.29, 0.717) is 11.5 Å². The van der Waals surface area contributed by atoms with Gasteiger partial charge in [0, 0.05) is 40.7 Å². The van der Waals surface area contributed by atoms with Crippen LogP contribution in [-0.2, 0) is 6.42 Å². The molecule has 0 aromatic heterocycles. The number of rotatable bonds is 10. The summed E-state index contributed by atoms with van der Waals surface area (Å²) in [4.78, 5) is 3.60. The number of allylic oxidation sites excluding steroid dienone is 1. The van der Waals surface area contributed by atoms with E-state index in [0.717, 1.165) is 60.4 Å². The van der Waals surface area contributed by atoms with E-state index in [1.807, 2.05) is 24.3 Å². The maximum Gasteiger partial charge on any atom is 0.126 e. The van der Waals surface area contributed by atoms with Crippen LogP contribution in [0.15, 0.2) is 133 Å². The van der Waals surface area contributed by atoms with Crippen LogP contribution in [-0.4, -0.2) is 18.0 Å². The molecule has 234 valence electrons. The Bertz CT molecular complexity index is 1890. The second kappa shape index (κ2) is 13.6. The van der Waals surface area contributed by atoms with E-state index in [9.17, 15) is 4.39 Å². The first-order chi connectivity index (χ1) is 22.2. The lowest BCUT2D eigenvalue weighted by Gasteiger charge is -2.36. The Morgan fingerprint density at radius 1 is 0.870 bits per heavy atom. The van der Waals surface area contributed by atoms with E-state index in [2.05, 4.69) is 115 Å². The zero-order valence-electron chi connectivity index (χ0n) is 27.2. The Labute approximate surface area is 278 Å². The summed E-state index contributed by atoms with van der Waals surface area (Å²) in [5, 5.41) is 2.50. The molecule has 1 heterocycles. The molecule has 1 fully saturated rings. The third kappa shape index (κ3) is 7.24. The molecular formula is C42H43FN2S. The third-order valence-electron chi connectivity index (χ3n) is 9.40. The fourth-order valence-electron chi connectivity index (χ4n) is 6.39. The van der Waals surface area contributed by atoms with Gasteiger partial charge < -0.3 is 9.62 Å². The van der Waals surface area contributed by atoms with Crippen molar-refractivity contribution in [2.75, 3.05) is 13.1 Å². The number of hydrogen-bond acceptors (Lipinski definition) is 3. The zero-order valence-corrected chi connectivity index (χ0v) is 28.0. The number of halogens is 1. The smallest absolute Gasteiger partial charge is 0.126 e.